The molecule has 0 saturated heterocycles. The van der Waals surface area contributed by atoms with Crippen LogP contribution in [0, 0.1) is 0 Å². The molecule has 0 heterocycles. The molecule has 0 aromatic heterocycles. The highest BCUT2D eigenvalue weighted by atomic mass is 35.5. The Bertz CT molecular complexity index is 731. The second-order valence-corrected chi connectivity index (χ2v) is 6.17. The van der Waals surface area contributed by atoms with Crippen molar-refractivity contribution < 1.29 is 15.2 Å². The first-order valence-electron chi connectivity index (χ1n) is 7.72. The van der Waals surface area contributed by atoms with Crippen molar-refractivity contribution in [2.75, 3.05) is 5.32 Å². The molecule has 1 unspecified atom stereocenters. The molecule has 1 aliphatic carbocycles. The standard InChI is InChI=1S/C18H19ClN2O2/c19-16-6-2-1-4-13(16)11-20-18(23)21-17-7-3-5-12-8-9-14(22)10-15(12)17/h1-7,14,22H,8-11H2,(H2,20,21,23)/p+1. The fourth-order valence-corrected chi connectivity index (χ4v) is 3.08. The van der Waals surface area contributed by atoms with Gasteiger partial charge in [-0.2, -0.15) is 0 Å². The van der Waals surface area contributed by atoms with Crippen LogP contribution >= 0.6 is 11.6 Å². The van der Waals surface area contributed by atoms with E-state index < -0.39 is 0 Å². The number of nitrogens with one attached hydrogen (secondary N) is 2. The highest BCUT2D eigenvalue weighted by molar-refractivity contribution is 6.31. The number of aryl methyl sites for hydroxylation is 1. The molecule has 0 bridgehead atoms. The number of amidine groups is 1. The zero-order valence-electron chi connectivity index (χ0n) is 12.7. The van der Waals surface area contributed by atoms with Crippen molar-refractivity contribution in [2.45, 2.75) is 31.9 Å². The van der Waals surface area contributed by atoms with E-state index in [0.29, 0.717) is 18.0 Å². The summed E-state index contributed by atoms with van der Waals surface area (Å²) in [5.41, 5.74) is 4.02. The van der Waals surface area contributed by atoms with Crippen molar-refractivity contribution in [1.82, 2.24) is 0 Å². The fraction of sp³-hybridized carbons (Fsp3) is 0.278. The number of hydrogen-bond acceptors (Lipinski definition) is 1. The summed E-state index contributed by atoms with van der Waals surface area (Å²) >= 11 is 6.10. The van der Waals surface area contributed by atoms with Crippen LogP contribution in [0.2, 0.25) is 5.02 Å². The predicted molar refractivity (Wildman–Crippen MR) is 91.9 cm³/mol. The number of aliphatic hydroxyl groups is 2. The number of fused-ring (bicyclic) bond motifs is 1. The first kappa shape index (κ1) is 15.8. The number of benzene rings is 2. The second kappa shape index (κ2) is 7.02. The normalized spacial score (nSPS) is 17.7. The number of aliphatic hydroxyl groups excluding tert-OH is 2. The first-order valence-corrected chi connectivity index (χ1v) is 8.10. The number of halogens is 1. The summed E-state index contributed by atoms with van der Waals surface area (Å²) < 4.78 is 0. The van der Waals surface area contributed by atoms with Gasteiger partial charge in [-0.15, -0.1) is 0 Å². The van der Waals surface area contributed by atoms with E-state index in [1.54, 1.807) is 0 Å². The van der Waals surface area contributed by atoms with Crippen molar-refractivity contribution in [1.29, 1.82) is 0 Å². The molecule has 120 valence electrons. The van der Waals surface area contributed by atoms with E-state index in [1.165, 1.54) is 5.56 Å². The maximum Gasteiger partial charge on any atom is 0.444 e. The fourth-order valence-electron chi connectivity index (χ4n) is 2.88. The Labute approximate surface area is 140 Å². The van der Waals surface area contributed by atoms with E-state index in [0.717, 1.165) is 29.7 Å². The molecule has 0 fully saturated rings. The second-order valence-electron chi connectivity index (χ2n) is 5.76. The van der Waals surface area contributed by atoms with Gasteiger partial charge in [-0.3, -0.25) is 0 Å². The molecule has 0 aliphatic heterocycles. The van der Waals surface area contributed by atoms with Gasteiger partial charge in [0.05, 0.1) is 6.10 Å². The molecule has 3 rings (SSSR count). The Morgan fingerprint density at radius 1 is 1.22 bits per heavy atom. The minimum absolute atomic E-state index is 0.0293. The van der Waals surface area contributed by atoms with E-state index in [1.807, 2.05) is 36.4 Å². The van der Waals surface area contributed by atoms with Crippen molar-refractivity contribution in [2.24, 2.45) is 0 Å². The Morgan fingerprint density at radius 2 is 2.04 bits per heavy atom. The van der Waals surface area contributed by atoms with Crippen LogP contribution < -0.4 is 10.3 Å². The highest BCUT2D eigenvalue weighted by Gasteiger charge is 2.21. The molecule has 1 aliphatic rings. The van der Waals surface area contributed by atoms with E-state index in [-0.39, 0.29) is 12.1 Å². The first-order chi connectivity index (χ1) is 11.1. The Hall–Kier alpha value is -2.04. The average Bonchev–Trinajstić information content (AvgIpc) is 2.55. The van der Waals surface area contributed by atoms with Crippen LogP contribution in [-0.4, -0.2) is 22.3 Å². The molecule has 4 N–H and O–H groups in total. The molecule has 5 heteroatoms. The Kier molecular flexibility index (Phi) is 4.84. The van der Waals surface area contributed by atoms with E-state index in [4.69, 9.17) is 11.6 Å². The number of anilines is 1. The largest absolute Gasteiger partial charge is 0.447 e. The van der Waals surface area contributed by atoms with Crippen LogP contribution in [0.4, 0.5) is 5.69 Å². The maximum atomic E-state index is 10.1. The lowest BCUT2D eigenvalue weighted by Gasteiger charge is -2.21. The maximum absolute atomic E-state index is 10.1. The van der Waals surface area contributed by atoms with E-state index in [2.05, 4.69) is 16.4 Å². The molecule has 0 spiro atoms. The molecule has 0 radical (unpaired) electrons. The summed E-state index contributed by atoms with van der Waals surface area (Å²) in [7, 11) is 0. The summed E-state index contributed by atoms with van der Waals surface area (Å²) in [4.78, 5) is 2.92. The van der Waals surface area contributed by atoms with Gasteiger partial charge in [-0.25, -0.2) is 10.3 Å². The molecule has 2 aromatic rings. The molecule has 0 amide bonds. The van der Waals surface area contributed by atoms with E-state index >= 15 is 0 Å². The third kappa shape index (κ3) is 3.84. The van der Waals surface area contributed by atoms with Gasteiger partial charge in [0.2, 0.25) is 0 Å². The summed E-state index contributed by atoms with van der Waals surface area (Å²) in [5, 5.41) is 23.6. The zero-order valence-corrected chi connectivity index (χ0v) is 13.5. The summed E-state index contributed by atoms with van der Waals surface area (Å²) in [6, 6.07) is 13.4. The van der Waals surface area contributed by atoms with E-state index in [9.17, 15) is 10.2 Å². The monoisotopic (exact) mass is 331 g/mol. The van der Waals surface area contributed by atoms with Gasteiger partial charge in [0.15, 0.2) is 0 Å². The smallest absolute Gasteiger partial charge is 0.444 e. The van der Waals surface area contributed by atoms with Gasteiger partial charge in [0.25, 0.3) is 0 Å². The van der Waals surface area contributed by atoms with Gasteiger partial charge in [-0.1, -0.05) is 41.9 Å². The van der Waals surface area contributed by atoms with Gasteiger partial charge in [0.1, 0.15) is 12.2 Å². The molecular formula is C18H20ClN2O2+. The molecule has 4 nitrogen and oxygen atoms in total. The lowest BCUT2D eigenvalue weighted by Crippen LogP contribution is -2.73. The summed E-state index contributed by atoms with van der Waals surface area (Å²) in [5.74, 6) is 0. The van der Waals surface area contributed by atoms with Gasteiger partial charge in [0, 0.05) is 22.6 Å². The number of rotatable bonds is 3. The van der Waals surface area contributed by atoms with Gasteiger partial charge in [-0.05, 0) is 30.5 Å². The summed E-state index contributed by atoms with van der Waals surface area (Å²) in [6.45, 7) is 0.427. The Balaban J connectivity index is 1.74. The van der Waals surface area contributed by atoms with Crippen LogP contribution in [0.25, 0.3) is 0 Å². The van der Waals surface area contributed by atoms with Gasteiger partial charge >= 0.3 is 6.02 Å². The van der Waals surface area contributed by atoms with Crippen molar-refractivity contribution in [3.05, 3.63) is 64.2 Å². The molecule has 23 heavy (non-hydrogen) atoms. The molecule has 2 aromatic carbocycles. The van der Waals surface area contributed by atoms with Gasteiger partial charge < -0.3 is 10.2 Å². The minimum atomic E-state index is -0.316. The van der Waals surface area contributed by atoms with Crippen molar-refractivity contribution in [3.63, 3.8) is 0 Å². The lowest BCUT2D eigenvalue weighted by molar-refractivity contribution is -0.484. The zero-order chi connectivity index (χ0) is 16.2. The van der Waals surface area contributed by atoms with Crippen LogP contribution in [0.1, 0.15) is 23.1 Å². The molecule has 1 atom stereocenters. The van der Waals surface area contributed by atoms with Crippen molar-refractivity contribution in [3.8, 4) is 0 Å². The van der Waals surface area contributed by atoms with Crippen LogP contribution in [-0.2, 0) is 19.4 Å². The predicted octanol–water partition coefficient (Wildman–Crippen LogP) is 1.80. The molecular weight excluding hydrogens is 312 g/mol. The van der Waals surface area contributed by atoms with Crippen LogP contribution in [0.3, 0.4) is 0 Å². The number of hydrogen-bond donors (Lipinski definition) is 4. The van der Waals surface area contributed by atoms with Crippen LogP contribution in [0.5, 0.6) is 0 Å². The molecule has 0 saturated carbocycles. The van der Waals surface area contributed by atoms with Crippen LogP contribution in [0.15, 0.2) is 42.5 Å². The average molecular weight is 332 g/mol. The lowest BCUT2D eigenvalue weighted by atomic mass is 9.88. The quantitative estimate of drug-likeness (QED) is 0.512. The third-order valence-electron chi connectivity index (χ3n) is 4.12. The topological polar surface area (TPSA) is 66.5 Å². The third-order valence-corrected chi connectivity index (χ3v) is 4.49. The van der Waals surface area contributed by atoms with Crippen molar-refractivity contribution >= 4 is 23.3 Å². The Morgan fingerprint density at radius 3 is 2.87 bits per heavy atom. The minimum Gasteiger partial charge on any atom is -0.447 e. The summed E-state index contributed by atoms with van der Waals surface area (Å²) in [6.07, 6.45) is 1.94. The highest BCUT2D eigenvalue weighted by Crippen LogP contribution is 2.27. The SMILES string of the molecule is OC(Nc1cccc2c1CC(O)CC2)=[NH+]Cc1ccccc1Cl.